The average molecular weight is 349 g/mol. The molecule has 2 N–H and O–H groups in total. The third-order valence-electron chi connectivity index (χ3n) is 3.45. The van der Waals surface area contributed by atoms with Gasteiger partial charge in [-0.05, 0) is 18.2 Å². The molecular formula is C17H14ClFN2O3. The van der Waals surface area contributed by atoms with Crippen LogP contribution in [0.5, 0.6) is 23.1 Å². The molecule has 3 aromatic rings. The summed E-state index contributed by atoms with van der Waals surface area (Å²) in [5, 5.41) is 1.07. The van der Waals surface area contributed by atoms with Gasteiger partial charge in [-0.25, -0.2) is 9.37 Å². The third-order valence-corrected chi connectivity index (χ3v) is 3.80. The molecule has 1 aromatic heterocycles. The Bertz CT molecular complexity index is 918. The summed E-state index contributed by atoms with van der Waals surface area (Å²) in [6.07, 6.45) is 0. The molecule has 0 aliphatic heterocycles. The van der Waals surface area contributed by atoms with Gasteiger partial charge in [-0.1, -0.05) is 11.6 Å². The largest absolute Gasteiger partial charge is 0.495 e. The van der Waals surface area contributed by atoms with Crippen LogP contribution < -0.4 is 19.9 Å². The Kier molecular flexibility index (Phi) is 4.31. The van der Waals surface area contributed by atoms with E-state index in [1.54, 1.807) is 24.3 Å². The highest BCUT2D eigenvalue weighted by Crippen LogP contribution is 2.40. The van der Waals surface area contributed by atoms with Crippen LogP contribution in [-0.4, -0.2) is 19.2 Å². The topological polar surface area (TPSA) is 66.6 Å². The summed E-state index contributed by atoms with van der Waals surface area (Å²) in [4.78, 5) is 4.39. The predicted molar refractivity (Wildman–Crippen MR) is 90.7 cm³/mol. The molecule has 0 atom stereocenters. The second-order valence-corrected chi connectivity index (χ2v) is 5.31. The third kappa shape index (κ3) is 2.88. The summed E-state index contributed by atoms with van der Waals surface area (Å²) in [6.45, 7) is 0. The zero-order chi connectivity index (χ0) is 17.3. The van der Waals surface area contributed by atoms with Crippen molar-refractivity contribution in [2.45, 2.75) is 0 Å². The highest BCUT2D eigenvalue weighted by molar-refractivity contribution is 6.34. The van der Waals surface area contributed by atoms with Crippen LogP contribution in [0.2, 0.25) is 5.02 Å². The fraction of sp³-hybridized carbons (Fsp3) is 0.118. The Morgan fingerprint density at radius 3 is 2.54 bits per heavy atom. The number of aromatic nitrogens is 1. The Labute approximate surface area is 142 Å². The number of halogens is 2. The smallest absolute Gasteiger partial charge is 0.219 e. The van der Waals surface area contributed by atoms with Gasteiger partial charge in [0.15, 0.2) is 5.75 Å². The van der Waals surface area contributed by atoms with Gasteiger partial charge in [-0.3, -0.25) is 0 Å². The Morgan fingerprint density at radius 1 is 1.08 bits per heavy atom. The molecule has 0 radical (unpaired) electrons. The first kappa shape index (κ1) is 16.1. The highest BCUT2D eigenvalue weighted by Gasteiger charge is 2.15. The van der Waals surface area contributed by atoms with E-state index < -0.39 is 5.82 Å². The fourth-order valence-electron chi connectivity index (χ4n) is 2.27. The molecule has 1 heterocycles. The van der Waals surface area contributed by atoms with Crippen molar-refractivity contribution in [2.75, 3.05) is 20.0 Å². The van der Waals surface area contributed by atoms with Crippen molar-refractivity contribution in [3.05, 3.63) is 47.2 Å². The lowest BCUT2D eigenvalue weighted by atomic mass is 10.2. The number of benzene rings is 2. The van der Waals surface area contributed by atoms with Crippen LogP contribution in [0.4, 0.5) is 10.1 Å². The van der Waals surface area contributed by atoms with Gasteiger partial charge in [0.2, 0.25) is 5.88 Å². The Hall–Kier alpha value is -2.73. The Balaban J connectivity index is 2.04. The molecule has 7 heteroatoms. The van der Waals surface area contributed by atoms with Gasteiger partial charge in [0, 0.05) is 23.6 Å². The zero-order valence-corrected chi connectivity index (χ0v) is 13.7. The van der Waals surface area contributed by atoms with Crippen LogP contribution in [0.1, 0.15) is 0 Å². The van der Waals surface area contributed by atoms with Crippen LogP contribution in [0.3, 0.4) is 0 Å². The SMILES string of the molecule is COc1cc2nc(Oc3ccc(N)c(F)c3)ccc2c(OC)c1Cl. The number of methoxy groups -OCH3 is 2. The van der Waals surface area contributed by atoms with E-state index in [9.17, 15) is 4.39 Å². The number of rotatable bonds is 4. The first-order valence-electron chi connectivity index (χ1n) is 6.97. The van der Waals surface area contributed by atoms with Crippen LogP contribution in [0.25, 0.3) is 10.9 Å². The van der Waals surface area contributed by atoms with Gasteiger partial charge in [0.05, 0.1) is 25.4 Å². The quantitative estimate of drug-likeness (QED) is 0.707. The molecule has 0 bridgehead atoms. The van der Waals surface area contributed by atoms with E-state index in [0.717, 1.165) is 0 Å². The van der Waals surface area contributed by atoms with Crippen LogP contribution in [0, 0.1) is 5.82 Å². The van der Waals surface area contributed by atoms with Gasteiger partial charge in [0.1, 0.15) is 22.3 Å². The summed E-state index contributed by atoms with van der Waals surface area (Å²) in [6, 6.07) is 9.27. The second-order valence-electron chi connectivity index (χ2n) is 4.93. The first-order chi connectivity index (χ1) is 11.5. The number of nitrogens with two attached hydrogens (primary N) is 1. The number of nitrogens with zero attached hydrogens (tertiary/aromatic N) is 1. The molecule has 2 aromatic carbocycles. The van der Waals surface area contributed by atoms with E-state index in [-0.39, 0.29) is 11.6 Å². The normalized spacial score (nSPS) is 10.7. The van der Waals surface area contributed by atoms with Gasteiger partial charge < -0.3 is 19.9 Å². The van der Waals surface area contributed by atoms with Gasteiger partial charge >= 0.3 is 0 Å². The van der Waals surface area contributed by atoms with Crippen molar-refractivity contribution < 1.29 is 18.6 Å². The van der Waals surface area contributed by atoms with E-state index in [1.165, 1.54) is 26.4 Å². The van der Waals surface area contributed by atoms with Gasteiger partial charge in [-0.2, -0.15) is 0 Å². The second kappa shape index (κ2) is 6.41. The van der Waals surface area contributed by atoms with Crippen LogP contribution >= 0.6 is 11.6 Å². The number of fused-ring (bicyclic) bond motifs is 1. The van der Waals surface area contributed by atoms with Gasteiger partial charge in [-0.15, -0.1) is 0 Å². The van der Waals surface area contributed by atoms with E-state index in [0.29, 0.717) is 33.2 Å². The fourth-order valence-corrected chi connectivity index (χ4v) is 2.58. The molecule has 0 amide bonds. The summed E-state index contributed by atoms with van der Waals surface area (Å²) in [5.74, 6) is 0.927. The van der Waals surface area contributed by atoms with E-state index in [4.69, 9.17) is 31.5 Å². The van der Waals surface area contributed by atoms with Crippen molar-refractivity contribution in [1.29, 1.82) is 0 Å². The molecule has 0 spiro atoms. The molecule has 24 heavy (non-hydrogen) atoms. The number of ether oxygens (including phenoxy) is 3. The van der Waals surface area contributed by atoms with E-state index >= 15 is 0 Å². The highest BCUT2D eigenvalue weighted by atomic mass is 35.5. The number of pyridine rings is 1. The lowest BCUT2D eigenvalue weighted by Crippen LogP contribution is -1.95. The van der Waals surface area contributed by atoms with Gasteiger partial charge in [0.25, 0.3) is 0 Å². The molecule has 0 saturated carbocycles. The molecule has 3 rings (SSSR count). The van der Waals surface area contributed by atoms with Crippen molar-refractivity contribution in [2.24, 2.45) is 0 Å². The molecule has 124 valence electrons. The van der Waals surface area contributed by atoms with Crippen molar-refractivity contribution >= 4 is 28.2 Å². The minimum atomic E-state index is -0.552. The monoisotopic (exact) mass is 348 g/mol. The summed E-state index contributed by atoms with van der Waals surface area (Å²) < 4.78 is 29.6. The lowest BCUT2D eigenvalue weighted by molar-refractivity contribution is 0.398. The van der Waals surface area contributed by atoms with Crippen molar-refractivity contribution in [3.63, 3.8) is 0 Å². The molecule has 0 aliphatic rings. The molecule has 5 nitrogen and oxygen atoms in total. The summed E-state index contributed by atoms with van der Waals surface area (Å²) in [5.41, 5.74) is 6.07. The maximum atomic E-state index is 13.5. The number of hydrogen-bond donors (Lipinski definition) is 1. The van der Waals surface area contributed by atoms with Crippen molar-refractivity contribution in [1.82, 2.24) is 4.98 Å². The molecule has 0 saturated heterocycles. The Morgan fingerprint density at radius 2 is 1.88 bits per heavy atom. The molecule has 0 unspecified atom stereocenters. The van der Waals surface area contributed by atoms with Crippen molar-refractivity contribution in [3.8, 4) is 23.1 Å². The number of nitrogen functional groups attached to an aromatic ring is 1. The maximum Gasteiger partial charge on any atom is 0.219 e. The minimum Gasteiger partial charge on any atom is -0.495 e. The lowest BCUT2D eigenvalue weighted by Gasteiger charge is -2.12. The average Bonchev–Trinajstić information content (AvgIpc) is 2.58. The van der Waals surface area contributed by atoms with E-state index in [1.807, 2.05) is 0 Å². The first-order valence-corrected chi connectivity index (χ1v) is 7.35. The predicted octanol–water partition coefficient (Wildman–Crippen LogP) is 4.42. The molecule has 0 fully saturated rings. The number of anilines is 1. The summed E-state index contributed by atoms with van der Waals surface area (Å²) in [7, 11) is 3.02. The van der Waals surface area contributed by atoms with Crippen LogP contribution in [-0.2, 0) is 0 Å². The molecule has 0 aliphatic carbocycles. The minimum absolute atomic E-state index is 0.0536. The number of hydrogen-bond acceptors (Lipinski definition) is 5. The van der Waals surface area contributed by atoms with Crippen LogP contribution in [0.15, 0.2) is 36.4 Å². The molecular weight excluding hydrogens is 335 g/mol. The zero-order valence-electron chi connectivity index (χ0n) is 13.0. The maximum absolute atomic E-state index is 13.5. The van der Waals surface area contributed by atoms with E-state index in [2.05, 4.69) is 4.98 Å². The summed E-state index contributed by atoms with van der Waals surface area (Å²) >= 11 is 6.23. The standard InChI is InChI=1S/C17H14ClFN2O3/c1-22-14-8-13-10(17(23-2)16(14)18)4-6-15(21-13)24-9-3-5-12(20)11(19)7-9/h3-8H,20H2,1-2H3.